The van der Waals surface area contributed by atoms with Gasteiger partial charge in [0.25, 0.3) is 0 Å². The first-order valence-electron chi connectivity index (χ1n) is 11.5. The molecule has 5 nitrogen and oxygen atoms in total. The van der Waals surface area contributed by atoms with Crippen LogP contribution in [0.3, 0.4) is 0 Å². The van der Waals surface area contributed by atoms with Crippen LogP contribution in [0, 0.1) is 6.92 Å². The average Bonchev–Trinajstić information content (AvgIpc) is 3.08. The van der Waals surface area contributed by atoms with E-state index in [1.54, 1.807) is 6.92 Å². The van der Waals surface area contributed by atoms with Crippen molar-refractivity contribution in [3.8, 4) is 5.75 Å². The van der Waals surface area contributed by atoms with Crippen LogP contribution in [0.2, 0.25) is 0 Å². The van der Waals surface area contributed by atoms with E-state index in [1.165, 1.54) is 0 Å². The van der Waals surface area contributed by atoms with E-state index in [1.807, 2.05) is 36.4 Å². The van der Waals surface area contributed by atoms with E-state index in [-0.39, 0.29) is 5.78 Å². The number of Topliss-reactive ketones (excluding diaryl/α,β-unsaturated/α-hetero) is 1. The molecule has 2 aromatic carbocycles. The molecule has 32 heavy (non-hydrogen) atoms. The van der Waals surface area contributed by atoms with E-state index in [9.17, 15) is 4.79 Å². The Bertz CT molecular complexity index is 1060. The number of carbonyl (C=O) groups excluding carboxylic acids is 1. The SMILES string of the molecule is CC(=O)c1c(C)n(CCCN2CCN(CCOc3ccccc3)CC2)c2c(Br)cccc12. The van der Waals surface area contributed by atoms with E-state index >= 15 is 0 Å². The van der Waals surface area contributed by atoms with Gasteiger partial charge >= 0.3 is 0 Å². The van der Waals surface area contributed by atoms with Crippen molar-refractivity contribution in [2.24, 2.45) is 0 Å². The second-order valence-electron chi connectivity index (χ2n) is 8.50. The number of para-hydroxylation sites is 2. The van der Waals surface area contributed by atoms with Crippen LogP contribution < -0.4 is 4.74 Å². The maximum atomic E-state index is 12.3. The fraction of sp³-hybridized carbons (Fsp3) is 0.423. The summed E-state index contributed by atoms with van der Waals surface area (Å²) in [7, 11) is 0. The van der Waals surface area contributed by atoms with Gasteiger partial charge in [0.2, 0.25) is 0 Å². The molecule has 1 fully saturated rings. The first-order chi connectivity index (χ1) is 15.5. The van der Waals surface area contributed by atoms with Crippen LogP contribution in [-0.4, -0.2) is 66.0 Å². The molecule has 1 aliphatic rings. The van der Waals surface area contributed by atoms with Crippen molar-refractivity contribution in [1.29, 1.82) is 0 Å². The van der Waals surface area contributed by atoms with Gasteiger partial charge in [-0.2, -0.15) is 0 Å². The molecule has 6 heteroatoms. The fourth-order valence-corrected chi connectivity index (χ4v) is 5.29. The molecule has 0 radical (unpaired) electrons. The number of carbonyl (C=O) groups is 1. The molecular formula is C26H32BrN3O2. The van der Waals surface area contributed by atoms with Gasteiger partial charge in [-0.3, -0.25) is 9.69 Å². The molecule has 0 saturated carbocycles. The van der Waals surface area contributed by atoms with Crippen molar-refractivity contribution < 1.29 is 9.53 Å². The van der Waals surface area contributed by atoms with Gasteiger partial charge in [0.05, 0.1) is 5.52 Å². The highest BCUT2D eigenvalue weighted by atomic mass is 79.9. The Hall–Kier alpha value is -2.15. The monoisotopic (exact) mass is 497 g/mol. The number of aromatic nitrogens is 1. The number of aryl methyl sites for hydroxylation is 1. The maximum absolute atomic E-state index is 12.3. The predicted octanol–water partition coefficient (Wildman–Crippen LogP) is 5.00. The Balaban J connectivity index is 1.26. The van der Waals surface area contributed by atoms with Gasteiger partial charge in [0.15, 0.2) is 5.78 Å². The molecule has 4 rings (SSSR count). The normalized spacial score (nSPS) is 15.3. The average molecular weight is 498 g/mol. The zero-order chi connectivity index (χ0) is 22.5. The van der Waals surface area contributed by atoms with Crippen molar-refractivity contribution in [3.63, 3.8) is 0 Å². The molecule has 0 bridgehead atoms. The minimum absolute atomic E-state index is 0.136. The third kappa shape index (κ3) is 5.25. The van der Waals surface area contributed by atoms with E-state index < -0.39 is 0 Å². The van der Waals surface area contributed by atoms with Crippen molar-refractivity contribution in [3.05, 3.63) is 64.3 Å². The number of ether oxygens (including phenoxy) is 1. The lowest BCUT2D eigenvalue weighted by Gasteiger charge is -2.34. The first kappa shape index (κ1) is 23.0. The summed E-state index contributed by atoms with van der Waals surface area (Å²) < 4.78 is 9.20. The number of hydrogen-bond acceptors (Lipinski definition) is 4. The lowest BCUT2D eigenvalue weighted by molar-refractivity contribution is 0.101. The van der Waals surface area contributed by atoms with Gasteiger partial charge in [-0.25, -0.2) is 0 Å². The molecule has 0 atom stereocenters. The van der Waals surface area contributed by atoms with Gasteiger partial charge < -0.3 is 14.2 Å². The Kier molecular flexibility index (Phi) is 7.66. The second kappa shape index (κ2) is 10.6. The van der Waals surface area contributed by atoms with Crippen LogP contribution in [0.25, 0.3) is 10.9 Å². The number of halogens is 1. The number of hydrogen-bond donors (Lipinski definition) is 0. The minimum Gasteiger partial charge on any atom is -0.492 e. The van der Waals surface area contributed by atoms with Crippen LogP contribution in [0.4, 0.5) is 0 Å². The summed E-state index contributed by atoms with van der Waals surface area (Å²) >= 11 is 3.70. The molecule has 1 aromatic heterocycles. The largest absolute Gasteiger partial charge is 0.492 e. The molecule has 3 aromatic rings. The first-order valence-corrected chi connectivity index (χ1v) is 12.2. The maximum Gasteiger partial charge on any atom is 0.162 e. The van der Waals surface area contributed by atoms with Crippen LogP contribution in [0.15, 0.2) is 53.0 Å². The van der Waals surface area contributed by atoms with Gasteiger partial charge in [-0.05, 0) is 60.9 Å². The van der Waals surface area contributed by atoms with Crippen molar-refractivity contribution in [2.45, 2.75) is 26.8 Å². The molecule has 1 aliphatic heterocycles. The predicted molar refractivity (Wildman–Crippen MR) is 134 cm³/mol. The quantitative estimate of drug-likeness (QED) is 0.389. The highest BCUT2D eigenvalue weighted by molar-refractivity contribution is 9.10. The smallest absolute Gasteiger partial charge is 0.162 e. The fourth-order valence-electron chi connectivity index (χ4n) is 4.71. The summed E-state index contributed by atoms with van der Waals surface area (Å²) in [5.41, 5.74) is 3.06. The molecule has 1 saturated heterocycles. The topological polar surface area (TPSA) is 37.7 Å². The van der Waals surface area contributed by atoms with E-state index in [0.29, 0.717) is 0 Å². The molecule has 0 amide bonds. The molecule has 0 aliphatic carbocycles. The summed E-state index contributed by atoms with van der Waals surface area (Å²) in [4.78, 5) is 17.3. The summed E-state index contributed by atoms with van der Waals surface area (Å²) in [6.07, 6.45) is 1.07. The number of benzene rings is 2. The Morgan fingerprint density at radius 3 is 2.31 bits per heavy atom. The number of rotatable bonds is 9. The highest BCUT2D eigenvalue weighted by Crippen LogP contribution is 2.32. The number of nitrogens with zero attached hydrogens (tertiary/aromatic N) is 3. The van der Waals surface area contributed by atoms with Crippen molar-refractivity contribution in [1.82, 2.24) is 14.4 Å². The molecule has 170 valence electrons. The number of fused-ring (bicyclic) bond motifs is 1. The zero-order valence-corrected chi connectivity index (χ0v) is 20.6. The van der Waals surface area contributed by atoms with E-state index in [4.69, 9.17) is 4.74 Å². The molecule has 0 spiro atoms. The van der Waals surface area contributed by atoms with Crippen LogP contribution in [0.5, 0.6) is 5.75 Å². The molecule has 0 N–H and O–H groups in total. The van der Waals surface area contributed by atoms with Crippen LogP contribution in [0.1, 0.15) is 29.4 Å². The Labute approximate surface area is 199 Å². The summed E-state index contributed by atoms with van der Waals surface area (Å²) in [6.45, 7) is 11.8. The lowest BCUT2D eigenvalue weighted by atomic mass is 10.1. The standard InChI is InChI=1S/C26H32BrN3O2/c1-20-25(21(2)31)23-10-6-11-24(27)26(23)30(20)13-7-12-28-14-16-29(17-15-28)18-19-32-22-8-4-3-5-9-22/h3-6,8-11H,7,12-19H2,1-2H3. The van der Waals surface area contributed by atoms with Crippen molar-refractivity contribution >= 4 is 32.6 Å². The van der Waals surface area contributed by atoms with Crippen LogP contribution in [-0.2, 0) is 6.54 Å². The lowest BCUT2D eigenvalue weighted by Crippen LogP contribution is -2.47. The summed E-state index contributed by atoms with van der Waals surface area (Å²) in [6, 6.07) is 16.2. The molecule has 0 unspecified atom stereocenters. The number of piperazine rings is 1. The second-order valence-corrected chi connectivity index (χ2v) is 9.36. The summed E-state index contributed by atoms with van der Waals surface area (Å²) in [5, 5.41) is 1.05. The third-order valence-electron chi connectivity index (χ3n) is 6.39. The third-order valence-corrected chi connectivity index (χ3v) is 7.03. The van der Waals surface area contributed by atoms with Gasteiger partial charge in [-0.1, -0.05) is 30.3 Å². The number of ketones is 1. The van der Waals surface area contributed by atoms with E-state index in [2.05, 4.69) is 49.4 Å². The van der Waals surface area contributed by atoms with Crippen LogP contribution >= 0.6 is 15.9 Å². The minimum atomic E-state index is 0.136. The van der Waals surface area contributed by atoms with Gasteiger partial charge in [0.1, 0.15) is 12.4 Å². The highest BCUT2D eigenvalue weighted by Gasteiger charge is 2.20. The molecular weight excluding hydrogens is 466 g/mol. The molecule has 2 heterocycles. The van der Waals surface area contributed by atoms with Gasteiger partial charge in [0, 0.05) is 60.4 Å². The summed E-state index contributed by atoms with van der Waals surface area (Å²) in [5.74, 6) is 1.08. The Morgan fingerprint density at radius 2 is 1.62 bits per heavy atom. The van der Waals surface area contributed by atoms with E-state index in [0.717, 1.165) is 91.2 Å². The zero-order valence-electron chi connectivity index (χ0n) is 19.0. The van der Waals surface area contributed by atoms with Crippen molar-refractivity contribution in [2.75, 3.05) is 45.9 Å². The Morgan fingerprint density at radius 1 is 0.938 bits per heavy atom. The van der Waals surface area contributed by atoms with Gasteiger partial charge in [-0.15, -0.1) is 0 Å².